The van der Waals surface area contributed by atoms with Gasteiger partial charge < -0.3 is 10.6 Å². The van der Waals surface area contributed by atoms with E-state index < -0.39 is 0 Å². The minimum atomic E-state index is 0.390. The number of aromatic nitrogens is 2. The monoisotopic (exact) mass is 258 g/mol. The molecule has 0 amide bonds. The van der Waals surface area contributed by atoms with Crippen LogP contribution >= 0.6 is 0 Å². The summed E-state index contributed by atoms with van der Waals surface area (Å²) in [6.07, 6.45) is 0.964. The SMILES string of the molecule is Cc1nc2ccccc2nc1N(CCCN)C(C)C. The lowest BCUT2D eigenvalue weighted by Crippen LogP contribution is -2.34. The molecule has 2 rings (SSSR count). The zero-order valence-electron chi connectivity index (χ0n) is 11.9. The molecule has 0 aliphatic rings. The number of nitrogens with two attached hydrogens (primary N) is 1. The fourth-order valence-electron chi connectivity index (χ4n) is 2.22. The molecular weight excluding hydrogens is 236 g/mol. The van der Waals surface area contributed by atoms with Gasteiger partial charge in [0.05, 0.1) is 16.7 Å². The number of nitrogens with zero attached hydrogens (tertiary/aromatic N) is 3. The van der Waals surface area contributed by atoms with Gasteiger partial charge in [-0.25, -0.2) is 9.97 Å². The largest absolute Gasteiger partial charge is 0.353 e. The summed E-state index contributed by atoms with van der Waals surface area (Å²) in [6, 6.07) is 8.38. The molecule has 0 atom stereocenters. The standard InChI is InChI=1S/C15H22N4/c1-11(2)19(10-6-9-16)15-12(3)17-13-7-4-5-8-14(13)18-15/h4-5,7-8,11H,6,9-10,16H2,1-3H3. The number of aryl methyl sites for hydroxylation is 1. The van der Waals surface area contributed by atoms with E-state index in [9.17, 15) is 0 Å². The van der Waals surface area contributed by atoms with Gasteiger partial charge in [0.2, 0.25) is 0 Å². The summed E-state index contributed by atoms with van der Waals surface area (Å²) in [5.74, 6) is 0.974. The van der Waals surface area contributed by atoms with Gasteiger partial charge in [0, 0.05) is 12.6 Å². The van der Waals surface area contributed by atoms with Gasteiger partial charge in [0.25, 0.3) is 0 Å². The lowest BCUT2D eigenvalue weighted by atomic mass is 10.2. The van der Waals surface area contributed by atoms with Crippen molar-refractivity contribution in [2.24, 2.45) is 5.73 Å². The molecule has 0 aliphatic heterocycles. The molecule has 0 saturated carbocycles. The van der Waals surface area contributed by atoms with Crippen molar-refractivity contribution >= 4 is 16.9 Å². The number of anilines is 1. The highest BCUT2D eigenvalue weighted by molar-refractivity contribution is 5.76. The van der Waals surface area contributed by atoms with Crippen LogP contribution in [0, 0.1) is 6.92 Å². The average molecular weight is 258 g/mol. The van der Waals surface area contributed by atoms with Crippen molar-refractivity contribution in [2.75, 3.05) is 18.0 Å². The number of rotatable bonds is 5. The summed E-state index contributed by atoms with van der Waals surface area (Å²) in [5, 5.41) is 0. The normalized spacial score (nSPS) is 11.2. The van der Waals surface area contributed by atoms with Gasteiger partial charge in [0.15, 0.2) is 5.82 Å². The van der Waals surface area contributed by atoms with Crippen LogP contribution in [0.1, 0.15) is 26.0 Å². The first-order chi connectivity index (χ1) is 9.13. The lowest BCUT2D eigenvalue weighted by molar-refractivity contribution is 0.646. The van der Waals surface area contributed by atoms with Crippen LogP contribution in [0.5, 0.6) is 0 Å². The number of hydrogen-bond acceptors (Lipinski definition) is 4. The molecule has 0 fully saturated rings. The van der Waals surface area contributed by atoms with E-state index in [2.05, 4.69) is 23.7 Å². The van der Waals surface area contributed by atoms with Crippen molar-refractivity contribution < 1.29 is 0 Å². The minimum Gasteiger partial charge on any atom is -0.353 e. The molecular formula is C15H22N4. The van der Waals surface area contributed by atoms with Gasteiger partial charge in [-0.15, -0.1) is 0 Å². The van der Waals surface area contributed by atoms with E-state index in [0.717, 1.165) is 35.5 Å². The highest BCUT2D eigenvalue weighted by Gasteiger charge is 2.15. The van der Waals surface area contributed by atoms with E-state index >= 15 is 0 Å². The molecule has 19 heavy (non-hydrogen) atoms. The van der Waals surface area contributed by atoms with Crippen molar-refractivity contribution in [1.82, 2.24) is 9.97 Å². The van der Waals surface area contributed by atoms with Gasteiger partial charge in [-0.3, -0.25) is 0 Å². The number of para-hydroxylation sites is 2. The summed E-state index contributed by atoms with van der Waals surface area (Å²) in [4.78, 5) is 11.7. The molecule has 102 valence electrons. The second kappa shape index (κ2) is 5.97. The van der Waals surface area contributed by atoms with Gasteiger partial charge in [-0.2, -0.15) is 0 Å². The molecule has 0 radical (unpaired) electrons. The summed E-state index contributed by atoms with van der Waals surface area (Å²) in [7, 11) is 0. The summed E-state index contributed by atoms with van der Waals surface area (Å²) < 4.78 is 0. The Hall–Kier alpha value is -1.68. The molecule has 1 aromatic carbocycles. The topological polar surface area (TPSA) is 55.0 Å². The smallest absolute Gasteiger partial charge is 0.151 e. The van der Waals surface area contributed by atoms with E-state index in [-0.39, 0.29) is 0 Å². The van der Waals surface area contributed by atoms with Crippen LogP contribution in [-0.4, -0.2) is 29.1 Å². The third-order valence-electron chi connectivity index (χ3n) is 3.22. The number of benzene rings is 1. The molecule has 1 heterocycles. The van der Waals surface area contributed by atoms with Crippen LogP contribution in [-0.2, 0) is 0 Å². The van der Waals surface area contributed by atoms with Crippen molar-refractivity contribution in [3.8, 4) is 0 Å². The minimum absolute atomic E-state index is 0.390. The van der Waals surface area contributed by atoms with E-state index in [1.54, 1.807) is 0 Å². The van der Waals surface area contributed by atoms with Crippen molar-refractivity contribution in [3.63, 3.8) is 0 Å². The van der Waals surface area contributed by atoms with Crippen molar-refractivity contribution in [2.45, 2.75) is 33.2 Å². The summed E-state index contributed by atoms with van der Waals surface area (Å²) >= 11 is 0. The third-order valence-corrected chi connectivity index (χ3v) is 3.22. The Labute approximate surface area is 114 Å². The molecule has 2 aromatic rings. The van der Waals surface area contributed by atoms with Crippen molar-refractivity contribution in [1.29, 1.82) is 0 Å². The highest BCUT2D eigenvalue weighted by Crippen LogP contribution is 2.21. The maximum Gasteiger partial charge on any atom is 0.151 e. The second-order valence-electron chi connectivity index (χ2n) is 5.05. The fourth-order valence-corrected chi connectivity index (χ4v) is 2.22. The first-order valence-electron chi connectivity index (χ1n) is 6.83. The Bertz CT molecular complexity index is 551. The first kappa shape index (κ1) is 13.7. The number of fused-ring (bicyclic) bond motifs is 1. The zero-order chi connectivity index (χ0) is 13.8. The molecule has 0 aliphatic carbocycles. The predicted molar refractivity (Wildman–Crippen MR) is 80.4 cm³/mol. The quantitative estimate of drug-likeness (QED) is 0.895. The van der Waals surface area contributed by atoms with Gasteiger partial charge in [-0.1, -0.05) is 12.1 Å². The molecule has 0 unspecified atom stereocenters. The second-order valence-corrected chi connectivity index (χ2v) is 5.05. The zero-order valence-corrected chi connectivity index (χ0v) is 11.9. The Kier molecular flexibility index (Phi) is 4.32. The van der Waals surface area contributed by atoms with E-state index in [1.807, 2.05) is 31.2 Å². The molecule has 1 aromatic heterocycles. The maximum absolute atomic E-state index is 5.62. The maximum atomic E-state index is 5.62. The van der Waals surface area contributed by atoms with Gasteiger partial charge >= 0.3 is 0 Å². The number of hydrogen-bond donors (Lipinski definition) is 1. The molecule has 4 heteroatoms. The predicted octanol–water partition coefficient (Wildman–Crippen LogP) is 2.50. The van der Waals surface area contributed by atoms with Gasteiger partial charge in [-0.05, 0) is 45.9 Å². The highest BCUT2D eigenvalue weighted by atomic mass is 15.2. The van der Waals surface area contributed by atoms with E-state index in [0.29, 0.717) is 12.6 Å². The average Bonchev–Trinajstić information content (AvgIpc) is 2.39. The molecule has 0 saturated heterocycles. The van der Waals surface area contributed by atoms with Crippen LogP contribution < -0.4 is 10.6 Å². The van der Waals surface area contributed by atoms with Crippen LogP contribution in [0.15, 0.2) is 24.3 Å². The third kappa shape index (κ3) is 3.01. The summed E-state index contributed by atoms with van der Waals surface area (Å²) in [5.41, 5.74) is 8.49. The van der Waals surface area contributed by atoms with Crippen molar-refractivity contribution in [3.05, 3.63) is 30.0 Å². The van der Waals surface area contributed by atoms with E-state index in [4.69, 9.17) is 10.7 Å². The Morgan fingerprint density at radius 1 is 1.16 bits per heavy atom. The molecule has 0 bridgehead atoms. The molecule has 2 N–H and O–H groups in total. The Morgan fingerprint density at radius 3 is 2.37 bits per heavy atom. The molecule has 0 spiro atoms. The first-order valence-corrected chi connectivity index (χ1v) is 6.83. The molecule has 4 nitrogen and oxygen atoms in total. The van der Waals surface area contributed by atoms with E-state index in [1.165, 1.54) is 0 Å². The van der Waals surface area contributed by atoms with Crippen LogP contribution in [0.2, 0.25) is 0 Å². The fraction of sp³-hybridized carbons (Fsp3) is 0.467. The Balaban J connectivity index is 2.43. The summed E-state index contributed by atoms with van der Waals surface area (Å²) in [6.45, 7) is 7.98. The Morgan fingerprint density at radius 2 is 1.79 bits per heavy atom. The van der Waals surface area contributed by atoms with Crippen LogP contribution in [0.25, 0.3) is 11.0 Å². The van der Waals surface area contributed by atoms with Crippen LogP contribution in [0.4, 0.5) is 5.82 Å². The lowest BCUT2D eigenvalue weighted by Gasteiger charge is -2.28. The van der Waals surface area contributed by atoms with Gasteiger partial charge in [0.1, 0.15) is 0 Å². The van der Waals surface area contributed by atoms with Crippen LogP contribution in [0.3, 0.4) is 0 Å².